The maximum absolute atomic E-state index is 9.88. The summed E-state index contributed by atoms with van der Waals surface area (Å²) in [5.74, 6) is 0.624. The quantitative estimate of drug-likeness (QED) is 0.274. The first-order chi connectivity index (χ1) is 6.35. The van der Waals surface area contributed by atoms with Gasteiger partial charge in [0.1, 0.15) is 0 Å². The monoisotopic (exact) mass is 202 g/mol. The van der Waals surface area contributed by atoms with Gasteiger partial charge in [0.05, 0.1) is 0 Å². The third kappa shape index (κ3) is 7.41. The maximum Gasteiger partial charge on any atom is 0.237 e. The summed E-state index contributed by atoms with van der Waals surface area (Å²) < 4.78 is 0. The van der Waals surface area contributed by atoms with Crippen LogP contribution in [0.25, 0.3) is 0 Å². The third-order valence-corrected chi connectivity index (χ3v) is 1.77. The molecule has 72 valence electrons. The molecule has 0 saturated carbocycles. The number of hydrogen-bond acceptors (Lipinski definition) is 4. The number of nitrogens with zero attached hydrogens (tertiary/aromatic N) is 2. The summed E-state index contributed by atoms with van der Waals surface area (Å²) in [6, 6.07) is 0. The predicted octanol–water partition coefficient (Wildman–Crippen LogP) is 1.78. The van der Waals surface area contributed by atoms with Crippen molar-refractivity contribution in [3.8, 4) is 0 Å². The van der Waals surface area contributed by atoms with Gasteiger partial charge >= 0.3 is 0 Å². The fraction of sp³-hybridized carbons (Fsp3) is 0.750. The van der Waals surface area contributed by atoms with Gasteiger partial charge in [-0.2, -0.15) is 9.98 Å². The first-order valence-electron chi connectivity index (χ1n) is 4.05. The maximum atomic E-state index is 9.88. The zero-order valence-electron chi connectivity index (χ0n) is 7.20. The van der Waals surface area contributed by atoms with Crippen molar-refractivity contribution in [2.75, 3.05) is 5.88 Å². The molecular weight excluding hydrogens is 192 g/mol. The number of hydrogen-bond donors (Lipinski definition) is 0. The summed E-state index contributed by atoms with van der Waals surface area (Å²) in [7, 11) is 0. The first-order valence-corrected chi connectivity index (χ1v) is 4.58. The number of rotatable bonds is 7. The van der Waals surface area contributed by atoms with E-state index >= 15 is 0 Å². The van der Waals surface area contributed by atoms with E-state index in [0.717, 1.165) is 19.3 Å². The van der Waals surface area contributed by atoms with Gasteiger partial charge in [-0.05, 0) is 19.3 Å². The molecule has 0 bridgehead atoms. The second-order valence-corrected chi connectivity index (χ2v) is 2.84. The standard InChI is InChI=1S/C8H11ClN2O2/c9-5-3-1-2-4-8(10-6-12)11-7-13/h8H,1-5H2. The molecule has 0 spiro atoms. The third-order valence-electron chi connectivity index (χ3n) is 1.50. The van der Waals surface area contributed by atoms with E-state index in [1.54, 1.807) is 0 Å². The topological polar surface area (TPSA) is 58.9 Å². The van der Waals surface area contributed by atoms with Crippen molar-refractivity contribution in [1.82, 2.24) is 0 Å². The Morgan fingerprint density at radius 3 is 2.15 bits per heavy atom. The van der Waals surface area contributed by atoms with Crippen LogP contribution in [0.1, 0.15) is 25.7 Å². The molecule has 0 aromatic carbocycles. The average Bonchev–Trinajstić information content (AvgIpc) is 2.13. The van der Waals surface area contributed by atoms with Gasteiger partial charge in [0.2, 0.25) is 12.2 Å². The molecule has 0 aromatic rings. The van der Waals surface area contributed by atoms with Crippen molar-refractivity contribution in [3.63, 3.8) is 0 Å². The van der Waals surface area contributed by atoms with Gasteiger partial charge in [-0.3, -0.25) is 0 Å². The summed E-state index contributed by atoms with van der Waals surface area (Å²) in [4.78, 5) is 26.4. The Labute approximate surface area is 81.7 Å². The molecule has 0 fully saturated rings. The zero-order chi connectivity index (χ0) is 9.94. The molecule has 4 nitrogen and oxygen atoms in total. The van der Waals surface area contributed by atoms with Crippen LogP contribution in [0.3, 0.4) is 0 Å². The molecule has 0 rings (SSSR count). The molecule has 0 heterocycles. The van der Waals surface area contributed by atoms with Gasteiger partial charge in [0.25, 0.3) is 0 Å². The van der Waals surface area contributed by atoms with E-state index in [1.807, 2.05) is 0 Å². The lowest BCUT2D eigenvalue weighted by Crippen LogP contribution is -1.99. The van der Waals surface area contributed by atoms with Gasteiger partial charge in [-0.25, -0.2) is 9.59 Å². The first kappa shape index (κ1) is 12.0. The smallest absolute Gasteiger partial charge is 0.211 e. The Hall–Kier alpha value is -0.950. The SMILES string of the molecule is O=C=NC(CCCCCCl)N=C=O. The normalized spacial score (nSPS) is 11.2. The molecular formula is C8H11ClN2O2. The van der Waals surface area contributed by atoms with Crippen LogP contribution in [0.4, 0.5) is 0 Å². The highest BCUT2D eigenvalue weighted by atomic mass is 35.5. The Balaban J connectivity index is 3.69. The van der Waals surface area contributed by atoms with Crippen molar-refractivity contribution >= 4 is 23.8 Å². The highest BCUT2D eigenvalue weighted by Crippen LogP contribution is 2.07. The van der Waals surface area contributed by atoms with Crippen LogP contribution in [0.15, 0.2) is 9.98 Å². The predicted molar refractivity (Wildman–Crippen MR) is 49.2 cm³/mol. The van der Waals surface area contributed by atoms with Crippen LogP contribution in [0.5, 0.6) is 0 Å². The van der Waals surface area contributed by atoms with Crippen molar-refractivity contribution in [2.45, 2.75) is 31.8 Å². The molecule has 0 saturated heterocycles. The molecule has 0 atom stereocenters. The van der Waals surface area contributed by atoms with Crippen molar-refractivity contribution in [2.24, 2.45) is 9.98 Å². The molecule has 0 aliphatic rings. The minimum atomic E-state index is -0.606. The Kier molecular flexibility index (Phi) is 8.47. The van der Waals surface area contributed by atoms with Gasteiger partial charge in [-0.15, -0.1) is 11.6 Å². The lowest BCUT2D eigenvalue weighted by atomic mass is 10.2. The second kappa shape index (κ2) is 9.14. The highest BCUT2D eigenvalue weighted by Gasteiger charge is 2.02. The van der Waals surface area contributed by atoms with E-state index in [1.165, 1.54) is 12.2 Å². The summed E-state index contributed by atoms with van der Waals surface area (Å²) >= 11 is 5.47. The lowest BCUT2D eigenvalue weighted by molar-refractivity contribution is 0.531. The number of alkyl halides is 1. The van der Waals surface area contributed by atoms with E-state index in [2.05, 4.69) is 9.98 Å². The van der Waals surface area contributed by atoms with Crippen LogP contribution in [-0.4, -0.2) is 24.2 Å². The summed E-state index contributed by atoms with van der Waals surface area (Å²) in [5, 5.41) is 0. The molecule has 13 heavy (non-hydrogen) atoms. The minimum absolute atomic E-state index is 0.571. The van der Waals surface area contributed by atoms with E-state index in [0.29, 0.717) is 12.3 Å². The van der Waals surface area contributed by atoms with E-state index in [-0.39, 0.29) is 0 Å². The summed E-state index contributed by atoms with van der Waals surface area (Å²) in [6.45, 7) is 0. The van der Waals surface area contributed by atoms with Gasteiger partial charge in [-0.1, -0.05) is 6.42 Å². The molecule has 0 amide bonds. The number of unbranched alkanes of at least 4 members (excludes halogenated alkanes) is 2. The lowest BCUT2D eigenvalue weighted by Gasteiger charge is -2.01. The summed E-state index contributed by atoms with van der Waals surface area (Å²) in [5.41, 5.74) is 0. The number of carbonyl (C=O) groups excluding carboxylic acids is 2. The number of isocyanates is 2. The number of halogens is 1. The second-order valence-electron chi connectivity index (χ2n) is 2.46. The molecule has 0 radical (unpaired) electrons. The van der Waals surface area contributed by atoms with Crippen molar-refractivity contribution in [1.29, 1.82) is 0 Å². The Morgan fingerprint density at radius 1 is 1.08 bits per heavy atom. The Bertz CT molecular complexity index is 202. The molecule has 0 N–H and O–H groups in total. The minimum Gasteiger partial charge on any atom is -0.211 e. The van der Waals surface area contributed by atoms with Crippen LogP contribution in [-0.2, 0) is 9.59 Å². The molecule has 0 aliphatic heterocycles. The highest BCUT2D eigenvalue weighted by molar-refractivity contribution is 6.17. The van der Waals surface area contributed by atoms with Gasteiger partial charge in [0.15, 0.2) is 6.17 Å². The molecule has 0 unspecified atom stereocenters. The summed E-state index contributed by atoms with van der Waals surface area (Å²) in [6.07, 6.45) is 5.41. The van der Waals surface area contributed by atoms with Crippen molar-refractivity contribution < 1.29 is 9.59 Å². The van der Waals surface area contributed by atoms with Crippen LogP contribution in [0.2, 0.25) is 0 Å². The molecule has 5 heteroatoms. The molecule has 0 aliphatic carbocycles. The van der Waals surface area contributed by atoms with Crippen molar-refractivity contribution in [3.05, 3.63) is 0 Å². The zero-order valence-corrected chi connectivity index (χ0v) is 7.96. The van der Waals surface area contributed by atoms with Gasteiger partial charge < -0.3 is 0 Å². The van der Waals surface area contributed by atoms with E-state index < -0.39 is 6.17 Å². The van der Waals surface area contributed by atoms with Gasteiger partial charge in [0, 0.05) is 5.88 Å². The average molecular weight is 203 g/mol. The van der Waals surface area contributed by atoms with Crippen LogP contribution in [0, 0.1) is 0 Å². The fourth-order valence-electron chi connectivity index (χ4n) is 0.878. The largest absolute Gasteiger partial charge is 0.237 e. The molecule has 0 aromatic heterocycles. The number of aliphatic imine (C=N–C) groups is 2. The van der Waals surface area contributed by atoms with Crippen LogP contribution >= 0.6 is 11.6 Å². The Morgan fingerprint density at radius 2 is 1.69 bits per heavy atom. The van der Waals surface area contributed by atoms with E-state index in [4.69, 9.17) is 11.6 Å². The van der Waals surface area contributed by atoms with Crippen LogP contribution < -0.4 is 0 Å². The van der Waals surface area contributed by atoms with E-state index in [9.17, 15) is 9.59 Å². The fourth-order valence-corrected chi connectivity index (χ4v) is 1.07.